The van der Waals surface area contributed by atoms with Crippen molar-refractivity contribution in [1.29, 1.82) is 0 Å². The number of nitrogens with one attached hydrogen (secondary N) is 3. The Hall–Kier alpha value is -5.10. The van der Waals surface area contributed by atoms with Crippen molar-refractivity contribution in [2.24, 2.45) is 0 Å². The van der Waals surface area contributed by atoms with Gasteiger partial charge in [-0.25, -0.2) is 4.98 Å². The lowest BCUT2D eigenvalue weighted by Crippen LogP contribution is -2.30. The van der Waals surface area contributed by atoms with E-state index in [0.717, 1.165) is 10.5 Å². The number of benzene rings is 4. The number of carbonyl (C=O) groups is 3. The first-order valence-electron chi connectivity index (χ1n) is 14.6. The zero-order valence-corrected chi connectivity index (χ0v) is 28.5. The fraction of sp³-hybridized carbons (Fsp3) is 0.111. The van der Waals surface area contributed by atoms with Crippen LogP contribution in [0.15, 0.2) is 113 Å². The summed E-state index contributed by atoms with van der Waals surface area (Å²) in [5, 5.41) is 10.7. The van der Waals surface area contributed by atoms with Gasteiger partial charge in [-0.2, -0.15) is 0 Å². The number of ether oxygens (including phenoxy) is 2. The Morgan fingerprint density at radius 1 is 0.875 bits per heavy atom. The van der Waals surface area contributed by atoms with Gasteiger partial charge >= 0.3 is 0 Å². The molecule has 0 saturated carbocycles. The molecule has 244 valence electrons. The second-order valence-corrected chi connectivity index (χ2v) is 12.9. The average molecular weight is 699 g/mol. The Morgan fingerprint density at radius 2 is 1.62 bits per heavy atom. The fourth-order valence-electron chi connectivity index (χ4n) is 4.46. The lowest BCUT2D eigenvalue weighted by molar-refractivity contribution is -0.115. The van der Waals surface area contributed by atoms with E-state index in [9.17, 15) is 14.4 Å². The van der Waals surface area contributed by atoms with E-state index in [1.807, 2.05) is 23.6 Å². The van der Waals surface area contributed by atoms with Gasteiger partial charge in [0, 0.05) is 32.1 Å². The lowest BCUT2D eigenvalue weighted by Gasteiger charge is -2.14. The predicted molar refractivity (Wildman–Crippen MR) is 193 cm³/mol. The number of rotatable bonds is 12. The summed E-state index contributed by atoms with van der Waals surface area (Å²) in [6.45, 7) is 1.79. The molecule has 3 amide bonds. The Balaban J connectivity index is 1.25. The van der Waals surface area contributed by atoms with Crippen LogP contribution in [-0.2, 0) is 9.59 Å². The highest BCUT2D eigenvalue weighted by Crippen LogP contribution is 2.34. The number of aromatic nitrogens is 1. The van der Waals surface area contributed by atoms with Crippen molar-refractivity contribution in [3.05, 3.63) is 124 Å². The quantitative estimate of drug-likeness (QED) is 0.0892. The third kappa shape index (κ3) is 8.82. The summed E-state index contributed by atoms with van der Waals surface area (Å²) < 4.78 is 10.7. The predicted octanol–water partition coefficient (Wildman–Crippen LogP) is 8.01. The monoisotopic (exact) mass is 698 g/mol. The van der Waals surface area contributed by atoms with Crippen molar-refractivity contribution in [1.82, 2.24) is 10.3 Å². The number of anilines is 2. The van der Waals surface area contributed by atoms with E-state index in [-0.39, 0.29) is 11.6 Å². The molecule has 1 heterocycles. The highest BCUT2D eigenvalue weighted by Gasteiger charge is 2.19. The molecular weight excluding hydrogens is 668 g/mol. The molecule has 0 spiro atoms. The van der Waals surface area contributed by atoms with Gasteiger partial charge in [-0.1, -0.05) is 54.1 Å². The molecule has 9 nitrogen and oxygen atoms in total. The van der Waals surface area contributed by atoms with Gasteiger partial charge in [0.1, 0.15) is 5.70 Å². The van der Waals surface area contributed by atoms with Crippen LogP contribution >= 0.6 is 34.7 Å². The first kappa shape index (κ1) is 34.2. The number of methoxy groups -OCH3 is 2. The van der Waals surface area contributed by atoms with Gasteiger partial charge in [-0.3, -0.25) is 14.4 Å². The topological polar surface area (TPSA) is 119 Å². The highest BCUT2D eigenvalue weighted by molar-refractivity contribution is 8.00. The van der Waals surface area contributed by atoms with Gasteiger partial charge in [0.25, 0.3) is 11.8 Å². The summed E-state index contributed by atoms with van der Waals surface area (Å²) in [5.74, 6) is -0.00757. The zero-order valence-electron chi connectivity index (χ0n) is 26.2. The minimum absolute atomic E-state index is 0.0126. The number of halogens is 1. The Kier molecular flexibility index (Phi) is 11.5. The van der Waals surface area contributed by atoms with E-state index < -0.39 is 17.1 Å². The molecule has 0 radical (unpaired) electrons. The van der Waals surface area contributed by atoms with Crippen molar-refractivity contribution in [3.63, 3.8) is 0 Å². The molecule has 5 aromatic rings. The first-order valence-corrected chi connectivity index (χ1v) is 16.8. The summed E-state index contributed by atoms with van der Waals surface area (Å²) in [7, 11) is 3.14. The highest BCUT2D eigenvalue weighted by atomic mass is 35.5. The van der Waals surface area contributed by atoms with Gasteiger partial charge in [0.2, 0.25) is 5.91 Å². The number of thioether (sulfide) groups is 1. The largest absolute Gasteiger partial charge is 0.493 e. The molecule has 0 aliphatic heterocycles. The summed E-state index contributed by atoms with van der Waals surface area (Å²) in [6.07, 6.45) is 1.53. The third-order valence-corrected chi connectivity index (χ3v) is 9.12. The van der Waals surface area contributed by atoms with Crippen LogP contribution in [0.1, 0.15) is 22.8 Å². The number of thiazole rings is 1. The summed E-state index contributed by atoms with van der Waals surface area (Å²) in [4.78, 5) is 44.9. The number of carbonyl (C=O) groups excluding carboxylic acids is 3. The maximum atomic E-state index is 13.5. The number of hydrogen-bond donors (Lipinski definition) is 3. The Morgan fingerprint density at radius 3 is 2.38 bits per heavy atom. The molecule has 0 bridgehead atoms. The van der Waals surface area contributed by atoms with E-state index in [1.165, 1.54) is 29.2 Å². The second kappa shape index (κ2) is 16.1. The molecule has 48 heavy (non-hydrogen) atoms. The standard InChI is InChI=1S/C36H31ClN4O5S2/c1-22(33(42)41-36-40-30(21-47-36)25-16-17-31(45-2)32(19-25)46-3)48-27-14-9-13-26(20-27)38-35(44)29(18-24-12-7-8-15-28(24)37)39-34(43)23-10-5-4-6-11-23/h4-22H,1-3H3,(H,38,44)(H,39,43)(H,40,41,42)/b29-18+. The van der Waals surface area contributed by atoms with E-state index >= 15 is 0 Å². The van der Waals surface area contributed by atoms with Gasteiger partial charge in [-0.15, -0.1) is 23.1 Å². The van der Waals surface area contributed by atoms with Crippen molar-refractivity contribution in [3.8, 4) is 22.8 Å². The van der Waals surface area contributed by atoms with Crippen molar-refractivity contribution < 1.29 is 23.9 Å². The summed E-state index contributed by atoms with van der Waals surface area (Å²) in [6, 6.07) is 28.2. The van der Waals surface area contributed by atoms with Gasteiger partial charge in [-0.05, 0) is 73.2 Å². The molecule has 3 N–H and O–H groups in total. The van der Waals surface area contributed by atoms with Crippen molar-refractivity contribution >= 4 is 69.3 Å². The van der Waals surface area contributed by atoms with E-state index in [2.05, 4.69) is 20.9 Å². The molecule has 0 saturated heterocycles. The molecule has 4 aromatic carbocycles. The van der Waals surface area contributed by atoms with Crippen LogP contribution in [0.2, 0.25) is 5.02 Å². The van der Waals surface area contributed by atoms with Gasteiger partial charge in [0.15, 0.2) is 16.6 Å². The number of nitrogens with zero attached hydrogens (tertiary/aromatic N) is 1. The average Bonchev–Trinajstić information content (AvgIpc) is 3.57. The van der Waals surface area contributed by atoms with Gasteiger partial charge in [0.05, 0.1) is 25.2 Å². The molecule has 1 unspecified atom stereocenters. The van der Waals surface area contributed by atoms with Crippen LogP contribution in [0.3, 0.4) is 0 Å². The normalized spacial score (nSPS) is 11.7. The Bertz CT molecular complexity index is 1970. The molecule has 1 aromatic heterocycles. The molecule has 0 fully saturated rings. The summed E-state index contributed by atoms with van der Waals surface area (Å²) >= 11 is 8.99. The molecule has 12 heteroatoms. The molecule has 0 aliphatic carbocycles. The first-order chi connectivity index (χ1) is 23.2. The van der Waals surface area contributed by atoms with E-state index in [1.54, 1.807) is 100 Å². The minimum atomic E-state index is -0.541. The third-order valence-electron chi connectivity index (χ3n) is 6.92. The van der Waals surface area contributed by atoms with Crippen LogP contribution in [0.5, 0.6) is 11.5 Å². The molecular formula is C36H31ClN4O5S2. The maximum Gasteiger partial charge on any atom is 0.272 e. The van der Waals surface area contributed by atoms with Crippen LogP contribution in [0, 0.1) is 0 Å². The van der Waals surface area contributed by atoms with Crippen molar-refractivity contribution in [2.75, 3.05) is 24.9 Å². The molecule has 0 aliphatic rings. The zero-order chi connectivity index (χ0) is 34.0. The van der Waals surface area contributed by atoms with Gasteiger partial charge < -0.3 is 25.4 Å². The smallest absolute Gasteiger partial charge is 0.272 e. The number of amides is 3. The molecule has 5 rings (SSSR count). The van der Waals surface area contributed by atoms with Crippen LogP contribution in [0.25, 0.3) is 17.3 Å². The second-order valence-electron chi connectivity index (χ2n) is 10.2. The van der Waals surface area contributed by atoms with Crippen molar-refractivity contribution in [2.45, 2.75) is 17.1 Å². The van der Waals surface area contributed by atoms with Crippen LogP contribution < -0.4 is 25.4 Å². The fourth-order valence-corrected chi connectivity index (χ4v) is 6.30. The Labute approximate surface area is 291 Å². The minimum Gasteiger partial charge on any atom is -0.493 e. The number of hydrogen-bond acceptors (Lipinski definition) is 8. The lowest BCUT2D eigenvalue weighted by atomic mass is 10.1. The van der Waals surface area contributed by atoms with E-state index in [4.69, 9.17) is 21.1 Å². The SMILES string of the molecule is COc1ccc(-c2csc(NC(=O)C(C)Sc3cccc(NC(=O)/C(=C\c4ccccc4Cl)NC(=O)c4ccccc4)c3)n2)cc1OC. The van der Waals surface area contributed by atoms with E-state index in [0.29, 0.717) is 44.2 Å². The maximum absolute atomic E-state index is 13.5. The molecule has 1 atom stereocenters. The van der Waals surface area contributed by atoms with Crippen LogP contribution in [-0.4, -0.2) is 42.2 Å². The summed E-state index contributed by atoms with van der Waals surface area (Å²) in [5.41, 5.74) is 2.99. The van der Waals surface area contributed by atoms with Crippen LogP contribution in [0.4, 0.5) is 10.8 Å².